The van der Waals surface area contributed by atoms with Crippen molar-refractivity contribution in [3.05, 3.63) is 51.5 Å². The fraction of sp³-hybridized carbons (Fsp3) is 0.409. The van der Waals surface area contributed by atoms with E-state index in [1.54, 1.807) is 0 Å². The summed E-state index contributed by atoms with van der Waals surface area (Å²) in [4.78, 5) is 16.6. The summed E-state index contributed by atoms with van der Waals surface area (Å²) in [7, 11) is 0. The molecular weight excluding hydrogens is 503 g/mol. The summed E-state index contributed by atoms with van der Waals surface area (Å²) in [5.74, 6) is 0.101. The predicted molar refractivity (Wildman–Crippen MR) is 121 cm³/mol. The summed E-state index contributed by atoms with van der Waals surface area (Å²) in [5.41, 5.74) is 0.841. The molecule has 1 saturated carbocycles. The third-order valence-electron chi connectivity index (χ3n) is 5.69. The number of aliphatic hydroxyl groups excluding tert-OH is 1. The van der Waals surface area contributed by atoms with Crippen LogP contribution in [-0.4, -0.2) is 44.0 Å². The average molecular weight is 522 g/mol. The van der Waals surface area contributed by atoms with Crippen LogP contribution in [-0.2, 0) is 17.6 Å². The maximum atomic E-state index is 12.8. The van der Waals surface area contributed by atoms with Gasteiger partial charge in [0.15, 0.2) is 6.10 Å². The molecule has 8 nitrogen and oxygen atoms in total. The minimum Gasteiger partial charge on any atom is -0.424 e. The number of thioether (sulfide) groups is 1. The van der Waals surface area contributed by atoms with Crippen LogP contribution in [0.2, 0.25) is 0 Å². The van der Waals surface area contributed by atoms with Crippen molar-refractivity contribution in [2.24, 2.45) is 0 Å². The molecule has 2 aliphatic rings. The number of carbonyl (C=O) groups excluding carboxylic acids is 1. The molecule has 2 N–H and O–H groups in total. The number of hydrogen-bond acceptors (Lipinski definition) is 9. The first-order valence-corrected chi connectivity index (χ1v) is 12.4. The molecule has 1 amide bonds. The Balaban J connectivity index is 1.22. The number of aromatic nitrogens is 3. The number of halogens is 3. The first kappa shape index (κ1) is 23.8. The molecule has 3 heterocycles. The topological polar surface area (TPSA) is 125 Å². The highest BCUT2D eigenvalue weighted by molar-refractivity contribution is 8.03. The SMILES string of the molecule is N#CC1(NC(=O)Cc2nnc(Cc3nc4ccc(C5CC=C(C(O)C(F)(F)F)S5)cc4s3)o2)CC1. The quantitative estimate of drug-likeness (QED) is 0.479. The van der Waals surface area contributed by atoms with Crippen LogP contribution >= 0.6 is 23.1 Å². The number of nitrogens with one attached hydrogen (secondary N) is 1. The molecule has 0 bridgehead atoms. The summed E-state index contributed by atoms with van der Waals surface area (Å²) in [6.07, 6.45) is -3.87. The van der Waals surface area contributed by atoms with Crippen LogP contribution in [0.4, 0.5) is 13.2 Å². The summed E-state index contributed by atoms with van der Waals surface area (Å²) in [5, 5.41) is 29.6. The molecule has 13 heteroatoms. The minimum atomic E-state index is -4.68. The lowest BCUT2D eigenvalue weighted by molar-refractivity contribution is -0.188. The van der Waals surface area contributed by atoms with E-state index < -0.39 is 17.8 Å². The van der Waals surface area contributed by atoms with E-state index in [1.165, 1.54) is 17.4 Å². The summed E-state index contributed by atoms with van der Waals surface area (Å²) < 4.78 is 44.9. The van der Waals surface area contributed by atoms with E-state index in [0.717, 1.165) is 27.5 Å². The molecule has 2 atom stereocenters. The van der Waals surface area contributed by atoms with Crippen molar-refractivity contribution in [3.63, 3.8) is 0 Å². The molecule has 3 aromatic rings. The number of alkyl halides is 3. The van der Waals surface area contributed by atoms with Crippen LogP contribution in [0.5, 0.6) is 0 Å². The number of hydrogen-bond donors (Lipinski definition) is 2. The van der Waals surface area contributed by atoms with Crippen molar-refractivity contribution in [2.45, 2.75) is 55.2 Å². The maximum absolute atomic E-state index is 12.8. The molecule has 1 aromatic carbocycles. The number of nitrogens with zero attached hydrogens (tertiary/aromatic N) is 4. The molecular formula is C22H18F3N5O3S2. The second kappa shape index (κ2) is 8.92. The lowest BCUT2D eigenvalue weighted by Gasteiger charge is -2.17. The number of carbonyl (C=O) groups is 1. The molecule has 182 valence electrons. The number of rotatable bonds is 7. The van der Waals surface area contributed by atoms with Gasteiger partial charge in [-0.05, 0) is 37.0 Å². The Kier molecular flexibility index (Phi) is 6.06. The molecule has 1 aliphatic carbocycles. The van der Waals surface area contributed by atoms with Gasteiger partial charge in [-0.15, -0.1) is 33.3 Å². The summed E-state index contributed by atoms with van der Waals surface area (Å²) in [6, 6.07) is 7.63. The third kappa shape index (κ3) is 5.19. The first-order chi connectivity index (χ1) is 16.6. The largest absolute Gasteiger partial charge is 0.424 e. The standard InChI is InChI=1S/C22H18F3N5O3S2/c23-22(24,25)20(32)14-4-3-13(34-14)11-1-2-12-15(7-11)35-19(27-12)9-18-30-29-17(33-18)8-16(31)28-21(10-26)5-6-21/h1-2,4,7,13,20,32H,3,5-6,8-9H2,(H,28,31). The van der Waals surface area contributed by atoms with Gasteiger partial charge < -0.3 is 14.8 Å². The molecule has 0 spiro atoms. The normalized spacial score (nSPS) is 19.9. The van der Waals surface area contributed by atoms with Crippen LogP contribution in [0.25, 0.3) is 10.2 Å². The Morgan fingerprint density at radius 3 is 2.83 bits per heavy atom. The van der Waals surface area contributed by atoms with E-state index >= 15 is 0 Å². The van der Waals surface area contributed by atoms with E-state index in [9.17, 15) is 23.1 Å². The smallest absolute Gasteiger partial charge is 0.419 e. The molecule has 1 aliphatic heterocycles. The number of allylic oxidation sites excluding steroid dienone is 1. The Morgan fingerprint density at radius 2 is 2.11 bits per heavy atom. The molecule has 1 fully saturated rings. The van der Waals surface area contributed by atoms with Crippen molar-refractivity contribution in [3.8, 4) is 6.07 Å². The molecule has 0 saturated heterocycles. The van der Waals surface area contributed by atoms with Gasteiger partial charge in [0.2, 0.25) is 17.7 Å². The molecule has 5 rings (SSSR count). The summed E-state index contributed by atoms with van der Waals surface area (Å²) in [6.45, 7) is 0. The van der Waals surface area contributed by atoms with Crippen molar-refractivity contribution < 1.29 is 27.5 Å². The zero-order chi connectivity index (χ0) is 24.8. The van der Waals surface area contributed by atoms with Crippen LogP contribution < -0.4 is 5.32 Å². The van der Waals surface area contributed by atoms with E-state index in [1.807, 2.05) is 18.2 Å². The lowest BCUT2D eigenvalue weighted by atomic mass is 10.1. The molecule has 2 unspecified atom stereocenters. The van der Waals surface area contributed by atoms with Gasteiger partial charge in [0, 0.05) is 10.2 Å². The lowest BCUT2D eigenvalue weighted by Crippen LogP contribution is -2.36. The first-order valence-electron chi connectivity index (χ1n) is 10.7. The third-order valence-corrected chi connectivity index (χ3v) is 8.11. The highest BCUT2D eigenvalue weighted by atomic mass is 32.2. The summed E-state index contributed by atoms with van der Waals surface area (Å²) >= 11 is 2.43. The number of benzene rings is 1. The van der Waals surface area contributed by atoms with Crippen molar-refractivity contribution >= 4 is 39.2 Å². The Hall–Kier alpha value is -2.95. The van der Waals surface area contributed by atoms with E-state index in [4.69, 9.17) is 9.68 Å². The maximum Gasteiger partial charge on any atom is 0.419 e. The van der Waals surface area contributed by atoms with Gasteiger partial charge in [0.25, 0.3) is 0 Å². The van der Waals surface area contributed by atoms with Crippen molar-refractivity contribution in [2.75, 3.05) is 0 Å². The van der Waals surface area contributed by atoms with Crippen LogP contribution in [0, 0.1) is 11.3 Å². The van der Waals surface area contributed by atoms with E-state index in [0.29, 0.717) is 30.2 Å². The minimum absolute atomic E-state index is 0.0756. The number of fused-ring (bicyclic) bond motifs is 1. The van der Waals surface area contributed by atoms with E-state index in [-0.39, 0.29) is 34.8 Å². The zero-order valence-corrected chi connectivity index (χ0v) is 19.6. The number of thiazole rings is 1. The van der Waals surface area contributed by atoms with Crippen LogP contribution in [0.1, 0.15) is 46.9 Å². The Morgan fingerprint density at radius 1 is 1.34 bits per heavy atom. The highest BCUT2D eigenvalue weighted by Crippen LogP contribution is 2.48. The number of amides is 1. The van der Waals surface area contributed by atoms with Gasteiger partial charge in [-0.25, -0.2) is 4.98 Å². The Labute approximate surface area is 205 Å². The second-order valence-corrected chi connectivity index (χ2v) is 10.8. The van der Waals surface area contributed by atoms with Crippen molar-refractivity contribution in [1.82, 2.24) is 20.5 Å². The van der Waals surface area contributed by atoms with Gasteiger partial charge >= 0.3 is 6.18 Å². The van der Waals surface area contributed by atoms with Crippen LogP contribution in [0.3, 0.4) is 0 Å². The molecule has 2 aromatic heterocycles. The van der Waals surface area contributed by atoms with Gasteiger partial charge in [-0.3, -0.25) is 4.79 Å². The van der Waals surface area contributed by atoms with Gasteiger partial charge in [-0.1, -0.05) is 12.1 Å². The molecule has 35 heavy (non-hydrogen) atoms. The van der Waals surface area contributed by atoms with Gasteiger partial charge in [-0.2, -0.15) is 18.4 Å². The predicted octanol–water partition coefficient (Wildman–Crippen LogP) is 3.97. The average Bonchev–Trinajstić information content (AvgIpc) is 3.15. The number of nitriles is 1. The molecule has 0 radical (unpaired) electrons. The van der Waals surface area contributed by atoms with Crippen LogP contribution in [0.15, 0.2) is 33.6 Å². The van der Waals surface area contributed by atoms with Crippen molar-refractivity contribution in [1.29, 1.82) is 5.26 Å². The van der Waals surface area contributed by atoms with Gasteiger partial charge in [0.05, 0.1) is 22.7 Å². The highest BCUT2D eigenvalue weighted by Gasteiger charge is 2.45. The number of aliphatic hydroxyl groups is 1. The Bertz CT molecular complexity index is 1360. The second-order valence-electron chi connectivity index (χ2n) is 8.41. The monoisotopic (exact) mass is 521 g/mol. The van der Waals surface area contributed by atoms with Gasteiger partial charge in [0.1, 0.15) is 17.0 Å². The fourth-order valence-electron chi connectivity index (χ4n) is 3.69. The fourth-order valence-corrected chi connectivity index (χ4v) is 5.95. The zero-order valence-electron chi connectivity index (χ0n) is 18.0. The van der Waals surface area contributed by atoms with E-state index in [2.05, 4.69) is 26.6 Å².